The molecule has 1 aromatic carbocycles. The molecule has 21 heavy (non-hydrogen) atoms. The van der Waals surface area contributed by atoms with Gasteiger partial charge in [-0.05, 0) is 55.9 Å². The molecule has 0 aromatic heterocycles. The van der Waals surface area contributed by atoms with Crippen LogP contribution < -0.4 is 16.0 Å². The molecule has 0 bridgehead atoms. The third-order valence-corrected chi connectivity index (χ3v) is 4.75. The summed E-state index contributed by atoms with van der Waals surface area (Å²) in [7, 11) is 4.00. The Balaban J connectivity index is 2.05. The molecule has 1 aliphatic carbocycles. The fraction of sp³-hybridized carbons (Fsp3) is 0.588. The maximum absolute atomic E-state index is 12.6. The highest BCUT2D eigenvalue weighted by Crippen LogP contribution is 2.39. The number of amides is 1. The first kappa shape index (κ1) is 15.8. The Hall–Kier alpha value is -1.55. The summed E-state index contributed by atoms with van der Waals surface area (Å²) in [5.41, 5.74) is 7.52. The van der Waals surface area contributed by atoms with Gasteiger partial charge in [-0.2, -0.15) is 0 Å². The molecule has 0 spiro atoms. The lowest BCUT2D eigenvalue weighted by atomic mass is 9.70. The van der Waals surface area contributed by atoms with Crippen LogP contribution in [0.15, 0.2) is 24.3 Å². The molecule has 4 nitrogen and oxygen atoms in total. The van der Waals surface area contributed by atoms with Gasteiger partial charge in [-0.1, -0.05) is 6.92 Å². The molecule has 1 fully saturated rings. The van der Waals surface area contributed by atoms with E-state index in [1.54, 1.807) is 0 Å². The molecule has 0 unspecified atom stereocenters. The maximum atomic E-state index is 12.6. The van der Waals surface area contributed by atoms with E-state index in [9.17, 15) is 4.79 Å². The summed E-state index contributed by atoms with van der Waals surface area (Å²) in [5.74, 6) is 0.784. The van der Waals surface area contributed by atoms with Gasteiger partial charge in [0.05, 0.1) is 5.41 Å². The Labute approximate surface area is 127 Å². The van der Waals surface area contributed by atoms with Crippen LogP contribution in [0.3, 0.4) is 0 Å². The number of nitrogens with two attached hydrogens (primary N) is 1. The summed E-state index contributed by atoms with van der Waals surface area (Å²) in [6.45, 7) is 2.68. The van der Waals surface area contributed by atoms with Crippen LogP contribution in [-0.4, -0.2) is 26.5 Å². The van der Waals surface area contributed by atoms with E-state index in [0.717, 1.165) is 37.1 Å². The van der Waals surface area contributed by atoms with Crippen LogP contribution in [0.25, 0.3) is 0 Å². The maximum Gasteiger partial charge on any atom is 0.231 e. The molecule has 1 aliphatic rings. The van der Waals surface area contributed by atoms with E-state index in [4.69, 9.17) is 5.73 Å². The van der Waals surface area contributed by atoms with Crippen molar-refractivity contribution >= 4 is 17.3 Å². The zero-order valence-corrected chi connectivity index (χ0v) is 13.4. The van der Waals surface area contributed by atoms with Gasteiger partial charge < -0.3 is 16.0 Å². The molecule has 1 aromatic rings. The molecule has 1 saturated carbocycles. The molecule has 0 atom stereocenters. The van der Waals surface area contributed by atoms with E-state index < -0.39 is 0 Å². The fourth-order valence-electron chi connectivity index (χ4n) is 2.95. The summed E-state index contributed by atoms with van der Waals surface area (Å²) in [4.78, 5) is 14.7. The van der Waals surface area contributed by atoms with E-state index in [0.29, 0.717) is 12.5 Å². The Bertz CT molecular complexity index is 473. The van der Waals surface area contributed by atoms with Crippen molar-refractivity contribution in [1.82, 2.24) is 0 Å². The monoisotopic (exact) mass is 289 g/mol. The Morgan fingerprint density at radius 2 is 1.86 bits per heavy atom. The van der Waals surface area contributed by atoms with Crippen LogP contribution in [0, 0.1) is 11.3 Å². The molecule has 3 N–H and O–H groups in total. The fourth-order valence-corrected chi connectivity index (χ4v) is 2.95. The van der Waals surface area contributed by atoms with Crippen LogP contribution in [0.1, 0.15) is 32.6 Å². The minimum atomic E-state index is -0.382. The van der Waals surface area contributed by atoms with E-state index >= 15 is 0 Å². The molecule has 116 valence electrons. The summed E-state index contributed by atoms with van der Waals surface area (Å²) in [6, 6.07) is 7.91. The topological polar surface area (TPSA) is 58.4 Å². The molecular weight excluding hydrogens is 262 g/mol. The lowest BCUT2D eigenvalue weighted by Gasteiger charge is -2.37. The van der Waals surface area contributed by atoms with Crippen LogP contribution in [0.5, 0.6) is 0 Å². The zero-order valence-electron chi connectivity index (χ0n) is 13.4. The zero-order chi connectivity index (χ0) is 15.5. The number of benzene rings is 1. The Morgan fingerprint density at radius 3 is 2.33 bits per heavy atom. The SMILES string of the molecule is CC1CCC(CN)(C(=O)Nc2ccc(N(C)C)cc2)CC1. The molecule has 1 amide bonds. The van der Waals surface area contributed by atoms with E-state index in [1.165, 1.54) is 0 Å². The van der Waals surface area contributed by atoms with Crippen LogP contribution in [0.2, 0.25) is 0 Å². The highest BCUT2D eigenvalue weighted by atomic mass is 16.2. The van der Waals surface area contributed by atoms with Crippen molar-refractivity contribution in [1.29, 1.82) is 0 Å². The normalized spacial score (nSPS) is 25.4. The molecule has 0 aliphatic heterocycles. The van der Waals surface area contributed by atoms with Gasteiger partial charge in [0.2, 0.25) is 5.91 Å². The van der Waals surface area contributed by atoms with Gasteiger partial charge in [-0.25, -0.2) is 0 Å². The average Bonchev–Trinajstić information content (AvgIpc) is 2.49. The molecule has 0 radical (unpaired) electrons. The number of hydrogen-bond donors (Lipinski definition) is 2. The van der Waals surface area contributed by atoms with Crippen molar-refractivity contribution in [3.05, 3.63) is 24.3 Å². The second kappa shape index (κ2) is 6.48. The third kappa shape index (κ3) is 3.56. The van der Waals surface area contributed by atoms with Crippen molar-refractivity contribution in [2.24, 2.45) is 17.1 Å². The molecule has 0 saturated heterocycles. The van der Waals surface area contributed by atoms with Crippen LogP contribution in [0.4, 0.5) is 11.4 Å². The highest BCUT2D eigenvalue weighted by molar-refractivity contribution is 5.95. The second-order valence-electron chi connectivity index (χ2n) is 6.56. The van der Waals surface area contributed by atoms with Crippen LogP contribution >= 0.6 is 0 Å². The number of hydrogen-bond acceptors (Lipinski definition) is 3. The van der Waals surface area contributed by atoms with Gasteiger partial charge in [0.15, 0.2) is 0 Å². The Morgan fingerprint density at radius 1 is 1.29 bits per heavy atom. The summed E-state index contributed by atoms with van der Waals surface area (Å²) >= 11 is 0. The quantitative estimate of drug-likeness (QED) is 0.896. The van der Waals surface area contributed by atoms with Gasteiger partial charge >= 0.3 is 0 Å². The first-order valence-electron chi connectivity index (χ1n) is 7.76. The number of nitrogens with zero attached hydrogens (tertiary/aromatic N) is 1. The number of anilines is 2. The number of carbonyl (C=O) groups is 1. The molecular formula is C17H27N3O. The minimum Gasteiger partial charge on any atom is -0.378 e. The predicted octanol–water partition coefficient (Wildman–Crippen LogP) is 2.85. The molecule has 4 heteroatoms. The number of carbonyl (C=O) groups excluding carboxylic acids is 1. The average molecular weight is 289 g/mol. The largest absolute Gasteiger partial charge is 0.378 e. The Kier molecular flexibility index (Phi) is 4.88. The van der Waals surface area contributed by atoms with E-state index in [2.05, 4.69) is 12.2 Å². The van der Waals surface area contributed by atoms with Gasteiger partial charge in [0.25, 0.3) is 0 Å². The summed E-state index contributed by atoms with van der Waals surface area (Å²) < 4.78 is 0. The summed E-state index contributed by atoms with van der Waals surface area (Å²) in [5, 5.41) is 3.05. The predicted molar refractivity (Wildman–Crippen MR) is 88.5 cm³/mol. The van der Waals surface area contributed by atoms with Crippen molar-refractivity contribution in [2.45, 2.75) is 32.6 Å². The van der Waals surface area contributed by atoms with Crippen molar-refractivity contribution in [2.75, 3.05) is 30.9 Å². The van der Waals surface area contributed by atoms with E-state index in [1.807, 2.05) is 43.3 Å². The van der Waals surface area contributed by atoms with Crippen LogP contribution in [-0.2, 0) is 4.79 Å². The lowest BCUT2D eigenvalue weighted by Crippen LogP contribution is -2.44. The van der Waals surface area contributed by atoms with Gasteiger partial charge in [0, 0.05) is 32.0 Å². The van der Waals surface area contributed by atoms with Crippen molar-refractivity contribution < 1.29 is 4.79 Å². The van der Waals surface area contributed by atoms with Gasteiger partial charge in [-0.15, -0.1) is 0 Å². The van der Waals surface area contributed by atoms with E-state index in [-0.39, 0.29) is 11.3 Å². The van der Waals surface area contributed by atoms with Gasteiger partial charge in [0.1, 0.15) is 0 Å². The summed E-state index contributed by atoms with van der Waals surface area (Å²) in [6.07, 6.45) is 3.97. The standard InChI is InChI=1S/C17H27N3O/c1-13-8-10-17(12-18,11-9-13)16(21)19-14-4-6-15(7-5-14)20(2)3/h4-7,13H,8-12,18H2,1-3H3,(H,19,21). The second-order valence-corrected chi connectivity index (χ2v) is 6.56. The lowest BCUT2D eigenvalue weighted by molar-refractivity contribution is -0.127. The highest BCUT2D eigenvalue weighted by Gasteiger charge is 2.39. The first-order chi connectivity index (χ1) is 9.97. The third-order valence-electron chi connectivity index (χ3n) is 4.75. The number of rotatable bonds is 4. The smallest absolute Gasteiger partial charge is 0.231 e. The first-order valence-corrected chi connectivity index (χ1v) is 7.76. The van der Waals surface area contributed by atoms with Crippen molar-refractivity contribution in [3.63, 3.8) is 0 Å². The van der Waals surface area contributed by atoms with Gasteiger partial charge in [-0.3, -0.25) is 4.79 Å². The van der Waals surface area contributed by atoms with Crippen molar-refractivity contribution in [3.8, 4) is 0 Å². The minimum absolute atomic E-state index is 0.0782. The number of nitrogens with one attached hydrogen (secondary N) is 1. The molecule has 0 heterocycles. The molecule has 2 rings (SSSR count).